The van der Waals surface area contributed by atoms with Gasteiger partial charge in [-0.05, 0) is 12.1 Å². The molecular weight excluding hydrogens is 326 g/mol. The summed E-state index contributed by atoms with van der Waals surface area (Å²) >= 11 is 5.84. The molecular formula is C15H20ClNO6. The highest BCUT2D eigenvalue weighted by molar-refractivity contribution is 6.30. The van der Waals surface area contributed by atoms with Gasteiger partial charge < -0.3 is 30.1 Å². The van der Waals surface area contributed by atoms with Gasteiger partial charge in [0.15, 0.2) is 6.23 Å². The van der Waals surface area contributed by atoms with E-state index in [1.54, 1.807) is 24.3 Å². The summed E-state index contributed by atoms with van der Waals surface area (Å²) in [4.78, 5) is 13.2. The minimum atomic E-state index is -1.58. The molecule has 2 rings (SSSR count). The molecule has 0 bridgehead atoms. The molecule has 0 radical (unpaired) electrons. The predicted molar refractivity (Wildman–Crippen MR) is 81.6 cm³/mol. The van der Waals surface area contributed by atoms with E-state index in [0.717, 1.165) is 0 Å². The molecule has 1 aliphatic rings. The van der Waals surface area contributed by atoms with E-state index in [9.17, 15) is 20.1 Å². The van der Waals surface area contributed by atoms with Crippen LogP contribution in [0.4, 0.5) is 0 Å². The van der Waals surface area contributed by atoms with E-state index in [1.165, 1.54) is 11.8 Å². The van der Waals surface area contributed by atoms with Crippen molar-refractivity contribution in [2.24, 2.45) is 0 Å². The van der Waals surface area contributed by atoms with Gasteiger partial charge in [-0.3, -0.25) is 4.79 Å². The molecule has 0 unspecified atom stereocenters. The van der Waals surface area contributed by atoms with Crippen molar-refractivity contribution in [2.75, 3.05) is 13.2 Å². The van der Waals surface area contributed by atoms with Crippen LogP contribution in [0.5, 0.6) is 0 Å². The highest BCUT2D eigenvalue weighted by Crippen LogP contribution is 2.33. The highest BCUT2D eigenvalue weighted by atomic mass is 35.5. The Morgan fingerprint density at radius 3 is 2.48 bits per heavy atom. The number of carbonyl (C=O) groups is 1. The number of ether oxygens (including phenoxy) is 1. The van der Waals surface area contributed by atoms with E-state index >= 15 is 0 Å². The summed E-state index contributed by atoms with van der Waals surface area (Å²) in [5.74, 6) is -0.253. The predicted octanol–water partition coefficient (Wildman–Crippen LogP) is -0.339. The lowest BCUT2D eigenvalue weighted by molar-refractivity contribution is -0.139. The van der Waals surface area contributed by atoms with E-state index in [2.05, 4.69) is 0 Å². The first-order valence-electron chi connectivity index (χ1n) is 7.18. The fraction of sp³-hybridized carbons (Fsp3) is 0.533. The first-order chi connectivity index (χ1) is 10.8. The normalized spacial score (nSPS) is 25.2. The summed E-state index contributed by atoms with van der Waals surface area (Å²) in [5.41, 5.74) is 0.677. The molecule has 0 aromatic heterocycles. The van der Waals surface area contributed by atoms with Crippen LogP contribution in [0.1, 0.15) is 18.7 Å². The van der Waals surface area contributed by atoms with Gasteiger partial charge in [0.05, 0.1) is 13.2 Å². The Hall–Kier alpha value is -1.22. The molecule has 1 heterocycles. The second-order valence-corrected chi connectivity index (χ2v) is 5.92. The van der Waals surface area contributed by atoms with Crippen molar-refractivity contribution in [3.8, 4) is 0 Å². The number of benzene rings is 1. The van der Waals surface area contributed by atoms with Crippen LogP contribution in [-0.4, -0.2) is 68.8 Å². The summed E-state index contributed by atoms with van der Waals surface area (Å²) in [7, 11) is 0. The zero-order valence-electron chi connectivity index (χ0n) is 12.5. The molecule has 8 heteroatoms. The third-order valence-electron chi connectivity index (χ3n) is 3.84. The van der Waals surface area contributed by atoms with Crippen molar-refractivity contribution in [3.05, 3.63) is 34.9 Å². The molecule has 1 saturated heterocycles. The third-order valence-corrected chi connectivity index (χ3v) is 4.09. The quantitative estimate of drug-likeness (QED) is 0.581. The number of rotatable bonds is 5. The van der Waals surface area contributed by atoms with Crippen molar-refractivity contribution >= 4 is 17.5 Å². The molecule has 128 valence electrons. The Kier molecular flexibility index (Phi) is 5.96. The first-order valence-corrected chi connectivity index (χ1v) is 7.56. The molecule has 1 fully saturated rings. The topological polar surface area (TPSA) is 110 Å². The Bertz CT molecular complexity index is 539. The number of aliphatic hydroxyl groups excluding tert-OH is 4. The minimum Gasteiger partial charge on any atom is -0.394 e. The lowest BCUT2D eigenvalue weighted by Gasteiger charge is -2.25. The Labute approximate surface area is 138 Å². The molecule has 0 spiro atoms. The molecule has 1 aromatic rings. The van der Waals surface area contributed by atoms with E-state index < -0.39 is 37.3 Å². The zero-order valence-corrected chi connectivity index (χ0v) is 13.3. The van der Waals surface area contributed by atoms with Crippen LogP contribution in [0, 0.1) is 0 Å². The second kappa shape index (κ2) is 7.57. The van der Waals surface area contributed by atoms with E-state index in [4.69, 9.17) is 21.4 Å². The smallest absolute Gasteiger partial charge is 0.221 e. The fourth-order valence-electron chi connectivity index (χ4n) is 2.50. The maximum absolute atomic E-state index is 11.8. The first kappa shape index (κ1) is 18.1. The lowest BCUT2D eigenvalue weighted by Crippen LogP contribution is -2.47. The van der Waals surface area contributed by atoms with Crippen LogP contribution in [0.3, 0.4) is 0 Å². The number of aliphatic hydroxyl groups is 4. The summed E-state index contributed by atoms with van der Waals surface area (Å²) < 4.78 is 5.70. The van der Waals surface area contributed by atoms with Crippen molar-refractivity contribution in [2.45, 2.75) is 37.6 Å². The van der Waals surface area contributed by atoms with Gasteiger partial charge in [-0.15, -0.1) is 0 Å². The molecule has 23 heavy (non-hydrogen) atoms. The minimum absolute atomic E-state index is 0.0546. The molecule has 1 aromatic carbocycles. The average molecular weight is 346 g/mol. The highest BCUT2D eigenvalue weighted by Gasteiger charge is 2.42. The number of halogens is 1. The largest absolute Gasteiger partial charge is 0.394 e. The maximum Gasteiger partial charge on any atom is 0.221 e. The number of carbonyl (C=O) groups excluding carboxylic acids is 1. The lowest BCUT2D eigenvalue weighted by atomic mass is 10.0. The van der Waals surface area contributed by atoms with Gasteiger partial charge in [0, 0.05) is 17.5 Å². The summed E-state index contributed by atoms with van der Waals surface area (Å²) in [5, 5.41) is 38.8. The van der Waals surface area contributed by atoms with Crippen LogP contribution < -0.4 is 0 Å². The summed E-state index contributed by atoms with van der Waals surface area (Å²) in [6.45, 7) is 0.737. The SMILES string of the molecule is CC(=O)N1C[C@@H]([C@@H](O)[C@H](O)[C@H](O)CO)O[C@@H]1c1ccc(Cl)cc1. The van der Waals surface area contributed by atoms with Crippen molar-refractivity contribution < 1.29 is 30.0 Å². The van der Waals surface area contributed by atoms with Crippen LogP contribution in [-0.2, 0) is 9.53 Å². The van der Waals surface area contributed by atoms with Crippen molar-refractivity contribution in [1.82, 2.24) is 4.90 Å². The van der Waals surface area contributed by atoms with E-state index in [-0.39, 0.29) is 12.5 Å². The van der Waals surface area contributed by atoms with E-state index in [0.29, 0.717) is 10.6 Å². The van der Waals surface area contributed by atoms with Crippen LogP contribution in [0.15, 0.2) is 24.3 Å². The molecule has 4 N–H and O–H groups in total. The molecule has 0 saturated carbocycles. The Balaban J connectivity index is 2.17. The van der Waals surface area contributed by atoms with Crippen LogP contribution in [0.2, 0.25) is 5.02 Å². The fourth-order valence-corrected chi connectivity index (χ4v) is 2.62. The van der Waals surface area contributed by atoms with Gasteiger partial charge >= 0.3 is 0 Å². The van der Waals surface area contributed by atoms with E-state index in [1.807, 2.05) is 0 Å². The summed E-state index contributed by atoms with van der Waals surface area (Å²) in [6.07, 6.45) is -6.13. The van der Waals surface area contributed by atoms with Crippen LogP contribution >= 0.6 is 11.6 Å². The second-order valence-electron chi connectivity index (χ2n) is 5.48. The van der Waals surface area contributed by atoms with Crippen molar-refractivity contribution in [3.63, 3.8) is 0 Å². The zero-order chi connectivity index (χ0) is 17.1. The number of hydrogen-bond donors (Lipinski definition) is 4. The van der Waals surface area contributed by atoms with Gasteiger partial charge in [0.25, 0.3) is 0 Å². The van der Waals surface area contributed by atoms with Crippen molar-refractivity contribution in [1.29, 1.82) is 0 Å². The third kappa shape index (κ3) is 4.00. The van der Waals surface area contributed by atoms with Gasteiger partial charge in [-0.1, -0.05) is 23.7 Å². The average Bonchev–Trinajstić information content (AvgIpc) is 2.98. The van der Waals surface area contributed by atoms with Gasteiger partial charge in [0.1, 0.15) is 24.4 Å². The van der Waals surface area contributed by atoms with Gasteiger partial charge in [-0.2, -0.15) is 0 Å². The number of hydrogen-bond acceptors (Lipinski definition) is 6. The summed E-state index contributed by atoms with van der Waals surface area (Å²) in [6, 6.07) is 6.73. The Morgan fingerprint density at radius 2 is 1.96 bits per heavy atom. The van der Waals surface area contributed by atoms with Crippen LogP contribution in [0.25, 0.3) is 0 Å². The van der Waals surface area contributed by atoms with Gasteiger partial charge in [-0.25, -0.2) is 0 Å². The molecule has 7 nitrogen and oxygen atoms in total. The van der Waals surface area contributed by atoms with Gasteiger partial charge in [0.2, 0.25) is 5.91 Å². The molecule has 0 aliphatic carbocycles. The standard InChI is InChI=1S/C15H20ClNO6/c1-8(19)17-6-12(14(22)13(21)11(20)7-18)23-15(17)9-2-4-10(16)5-3-9/h2-5,11-15,18,20-22H,6-7H2,1H3/t11-,12+,13-,14-,15-/m1/s1. The molecule has 5 atom stereocenters. The number of amides is 1. The Morgan fingerprint density at radius 1 is 1.35 bits per heavy atom. The molecule has 1 amide bonds. The maximum atomic E-state index is 11.8. The monoisotopic (exact) mass is 345 g/mol. The molecule has 1 aliphatic heterocycles. The number of nitrogens with zero attached hydrogens (tertiary/aromatic N) is 1.